The molecule has 0 radical (unpaired) electrons. The van der Waals surface area contributed by atoms with Gasteiger partial charge in [-0.2, -0.15) is 0 Å². The number of para-hydroxylation sites is 1. The van der Waals surface area contributed by atoms with Crippen LogP contribution in [0, 0.1) is 13.8 Å². The van der Waals surface area contributed by atoms with E-state index >= 15 is 0 Å². The molecule has 0 saturated heterocycles. The van der Waals surface area contributed by atoms with E-state index in [9.17, 15) is 9.59 Å². The van der Waals surface area contributed by atoms with Gasteiger partial charge < -0.3 is 16.0 Å². The summed E-state index contributed by atoms with van der Waals surface area (Å²) in [5, 5.41) is 8.47. The molecule has 1 aliphatic heterocycles. The highest BCUT2D eigenvalue weighted by atomic mass is 16.2. The van der Waals surface area contributed by atoms with Crippen LogP contribution in [0.5, 0.6) is 0 Å². The van der Waals surface area contributed by atoms with Crippen molar-refractivity contribution in [3.05, 3.63) is 76.5 Å². The molecule has 128 valence electrons. The summed E-state index contributed by atoms with van der Waals surface area (Å²) in [4.78, 5) is 24.9. The van der Waals surface area contributed by atoms with Crippen molar-refractivity contribution in [3.63, 3.8) is 0 Å². The lowest BCUT2D eigenvalue weighted by Crippen LogP contribution is -2.46. The van der Waals surface area contributed by atoms with Crippen LogP contribution in [0.15, 0.2) is 59.8 Å². The normalized spacial score (nSPS) is 16.9. The van der Waals surface area contributed by atoms with Gasteiger partial charge in [-0.25, -0.2) is 4.79 Å². The summed E-state index contributed by atoms with van der Waals surface area (Å²) in [5.41, 5.74) is 4.86. The van der Waals surface area contributed by atoms with Crippen LogP contribution >= 0.6 is 0 Å². The average Bonchev–Trinajstić information content (AvgIpc) is 2.54. The van der Waals surface area contributed by atoms with Crippen LogP contribution in [0.1, 0.15) is 29.7 Å². The van der Waals surface area contributed by atoms with E-state index in [0.29, 0.717) is 17.0 Å². The largest absolute Gasteiger partial charge is 0.327 e. The molecule has 1 atom stereocenters. The highest BCUT2D eigenvalue weighted by Crippen LogP contribution is 2.30. The molecule has 0 aliphatic carbocycles. The van der Waals surface area contributed by atoms with Crippen LogP contribution in [0.2, 0.25) is 0 Å². The van der Waals surface area contributed by atoms with Crippen LogP contribution < -0.4 is 16.0 Å². The highest BCUT2D eigenvalue weighted by Gasteiger charge is 2.31. The molecule has 25 heavy (non-hydrogen) atoms. The molecule has 3 N–H and O–H groups in total. The average molecular weight is 335 g/mol. The van der Waals surface area contributed by atoms with Gasteiger partial charge >= 0.3 is 6.03 Å². The second-order valence-electron chi connectivity index (χ2n) is 6.25. The minimum atomic E-state index is -0.488. The molecule has 1 aliphatic rings. The van der Waals surface area contributed by atoms with Crippen molar-refractivity contribution >= 4 is 17.6 Å². The Bertz CT molecular complexity index is 856. The van der Waals surface area contributed by atoms with Crippen molar-refractivity contribution < 1.29 is 9.59 Å². The molecule has 0 bridgehead atoms. The number of carbonyl (C=O) groups excluding carboxylic acids is 2. The molecule has 0 fully saturated rings. The lowest BCUT2D eigenvalue weighted by molar-refractivity contribution is -0.113. The smallest absolute Gasteiger partial charge is 0.319 e. The maximum atomic E-state index is 12.9. The molecule has 0 saturated carbocycles. The third-order valence-corrected chi connectivity index (χ3v) is 4.28. The van der Waals surface area contributed by atoms with Gasteiger partial charge in [0.05, 0.1) is 11.6 Å². The Labute approximate surface area is 147 Å². The number of anilines is 1. The fourth-order valence-electron chi connectivity index (χ4n) is 3.10. The topological polar surface area (TPSA) is 70.2 Å². The van der Waals surface area contributed by atoms with Gasteiger partial charge in [-0.3, -0.25) is 4.79 Å². The number of aryl methyl sites for hydroxylation is 2. The summed E-state index contributed by atoms with van der Waals surface area (Å²) in [6.45, 7) is 5.75. The SMILES string of the molecule is CC1=C(C(=O)Nc2ccccc2)C(c2ccc(C)cc2C)NC(=O)N1. The second-order valence-corrected chi connectivity index (χ2v) is 6.25. The molecule has 5 heteroatoms. The van der Waals surface area contributed by atoms with Crippen molar-refractivity contribution in [1.82, 2.24) is 10.6 Å². The van der Waals surface area contributed by atoms with E-state index < -0.39 is 6.04 Å². The quantitative estimate of drug-likeness (QED) is 0.802. The number of carbonyl (C=O) groups is 2. The number of nitrogens with one attached hydrogen (secondary N) is 3. The van der Waals surface area contributed by atoms with Gasteiger partial charge in [-0.1, -0.05) is 42.0 Å². The van der Waals surface area contributed by atoms with E-state index in [1.807, 2.05) is 62.4 Å². The van der Waals surface area contributed by atoms with E-state index in [4.69, 9.17) is 0 Å². The molecule has 0 spiro atoms. The highest BCUT2D eigenvalue weighted by molar-refractivity contribution is 6.06. The van der Waals surface area contributed by atoms with Gasteiger partial charge in [0.25, 0.3) is 5.91 Å². The lowest BCUT2D eigenvalue weighted by atomic mass is 9.91. The molecule has 3 rings (SSSR count). The monoisotopic (exact) mass is 335 g/mol. The van der Waals surface area contributed by atoms with E-state index in [2.05, 4.69) is 16.0 Å². The van der Waals surface area contributed by atoms with Crippen molar-refractivity contribution in [2.75, 3.05) is 5.32 Å². The van der Waals surface area contributed by atoms with Gasteiger partial charge in [0.1, 0.15) is 0 Å². The molecular formula is C20H21N3O2. The number of allylic oxidation sites excluding steroid dienone is 1. The minimum absolute atomic E-state index is 0.235. The Morgan fingerprint density at radius 3 is 2.44 bits per heavy atom. The molecule has 2 aromatic carbocycles. The van der Waals surface area contributed by atoms with Crippen molar-refractivity contribution in [1.29, 1.82) is 0 Å². The number of benzene rings is 2. The van der Waals surface area contributed by atoms with Crippen LogP contribution in [0.4, 0.5) is 10.5 Å². The number of hydrogen-bond donors (Lipinski definition) is 3. The fourth-order valence-corrected chi connectivity index (χ4v) is 3.10. The van der Waals surface area contributed by atoms with Gasteiger partial charge in [0.2, 0.25) is 0 Å². The zero-order valence-electron chi connectivity index (χ0n) is 14.5. The summed E-state index contributed by atoms with van der Waals surface area (Å²) < 4.78 is 0. The number of hydrogen-bond acceptors (Lipinski definition) is 2. The first-order valence-corrected chi connectivity index (χ1v) is 8.17. The van der Waals surface area contributed by atoms with E-state index in [0.717, 1.165) is 16.7 Å². The zero-order chi connectivity index (χ0) is 18.0. The van der Waals surface area contributed by atoms with Gasteiger partial charge in [0, 0.05) is 11.4 Å². The van der Waals surface area contributed by atoms with Gasteiger partial charge in [-0.15, -0.1) is 0 Å². The molecule has 2 aromatic rings. The van der Waals surface area contributed by atoms with Crippen LogP contribution in [-0.2, 0) is 4.79 Å². The Kier molecular flexibility index (Phi) is 4.57. The Morgan fingerprint density at radius 2 is 1.76 bits per heavy atom. The minimum Gasteiger partial charge on any atom is -0.327 e. The first kappa shape index (κ1) is 16.8. The first-order chi connectivity index (χ1) is 12.0. The summed E-state index contributed by atoms with van der Waals surface area (Å²) in [7, 11) is 0. The number of urea groups is 1. The molecular weight excluding hydrogens is 314 g/mol. The number of rotatable bonds is 3. The number of amides is 3. The first-order valence-electron chi connectivity index (χ1n) is 8.17. The Morgan fingerprint density at radius 1 is 1.04 bits per heavy atom. The van der Waals surface area contributed by atoms with Crippen molar-refractivity contribution in [2.45, 2.75) is 26.8 Å². The van der Waals surface area contributed by atoms with Crippen LogP contribution in [-0.4, -0.2) is 11.9 Å². The third kappa shape index (κ3) is 3.55. The summed E-state index contributed by atoms with van der Waals surface area (Å²) in [6, 6.07) is 14.5. The van der Waals surface area contributed by atoms with Gasteiger partial charge in [0.15, 0.2) is 0 Å². The standard InChI is InChI=1S/C20H21N3O2/c1-12-9-10-16(13(2)11-12)18-17(14(3)21-20(25)23-18)19(24)22-15-7-5-4-6-8-15/h4-11,18H,1-3H3,(H,22,24)(H2,21,23,25). The summed E-state index contributed by atoms with van der Waals surface area (Å²) in [6.07, 6.45) is 0. The molecule has 5 nitrogen and oxygen atoms in total. The van der Waals surface area contributed by atoms with Crippen molar-refractivity contribution in [3.8, 4) is 0 Å². The van der Waals surface area contributed by atoms with E-state index in [-0.39, 0.29) is 11.9 Å². The molecule has 1 heterocycles. The molecule has 1 unspecified atom stereocenters. The lowest BCUT2D eigenvalue weighted by Gasteiger charge is -2.29. The molecule has 3 amide bonds. The van der Waals surface area contributed by atoms with Crippen LogP contribution in [0.25, 0.3) is 0 Å². The predicted molar refractivity (Wildman–Crippen MR) is 98.1 cm³/mol. The summed E-state index contributed by atoms with van der Waals surface area (Å²) >= 11 is 0. The van der Waals surface area contributed by atoms with Crippen LogP contribution in [0.3, 0.4) is 0 Å². The van der Waals surface area contributed by atoms with E-state index in [1.54, 1.807) is 6.92 Å². The fraction of sp³-hybridized carbons (Fsp3) is 0.200. The third-order valence-electron chi connectivity index (χ3n) is 4.28. The Hall–Kier alpha value is -3.08. The summed E-state index contributed by atoms with van der Waals surface area (Å²) in [5.74, 6) is -0.235. The van der Waals surface area contributed by atoms with Gasteiger partial charge in [-0.05, 0) is 44.0 Å². The second kappa shape index (κ2) is 6.81. The zero-order valence-corrected chi connectivity index (χ0v) is 14.5. The van der Waals surface area contributed by atoms with E-state index in [1.165, 1.54) is 0 Å². The maximum absolute atomic E-state index is 12.9. The predicted octanol–water partition coefficient (Wildman–Crippen LogP) is 3.57. The Balaban J connectivity index is 1.99. The molecule has 0 aromatic heterocycles. The van der Waals surface area contributed by atoms with Crippen molar-refractivity contribution in [2.24, 2.45) is 0 Å². The maximum Gasteiger partial charge on any atom is 0.319 e.